The molecule has 1 aromatic carbocycles. The number of aliphatic hydroxyl groups excluding tert-OH is 3. The van der Waals surface area contributed by atoms with Crippen LogP contribution >= 0.6 is 0 Å². The minimum atomic E-state index is -3.87. The van der Waals surface area contributed by atoms with Gasteiger partial charge < -0.3 is 20.4 Å². The molecule has 0 aromatic heterocycles. The monoisotopic (exact) mass is 572 g/mol. The Hall–Kier alpha value is -1.77. The summed E-state index contributed by atoms with van der Waals surface area (Å²) in [5.74, 6) is 0.0597. The van der Waals surface area contributed by atoms with Crippen LogP contribution in [0.5, 0.6) is 0 Å². The van der Waals surface area contributed by atoms with E-state index in [2.05, 4.69) is 19.6 Å². The van der Waals surface area contributed by atoms with Gasteiger partial charge in [0, 0.05) is 12.8 Å². The van der Waals surface area contributed by atoms with Crippen molar-refractivity contribution in [2.45, 2.75) is 113 Å². The fraction of sp³-hybridized carbons (Fsp3) is 0.636. The van der Waals surface area contributed by atoms with E-state index in [9.17, 15) is 28.8 Å². The van der Waals surface area contributed by atoms with Crippen LogP contribution in [0.2, 0.25) is 0 Å². The predicted octanol–water partition coefficient (Wildman–Crippen LogP) is 5.13. The molecule has 2 unspecified atom stereocenters. The smallest absolute Gasteiger partial charge is 0.184 e. The lowest BCUT2D eigenvalue weighted by molar-refractivity contribution is 0.00231. The first-order chi connectivity index (χ1) is 18.6. The Balaban J connectivity index is 1.66. The highest BCUT2D eigenvalue weighted by Crippen LogP contribution is 2.60. The van der Waals surface area contributed by atoms with Gasteiger partial charge >= 0.3 is 0 Å². The summed E-state index contributed by atoms with van der Waals surface area (Å²) in [6, 6.07) is 8.37. The van der Waals surface area contributed by atoms with Crippen LogP contribution < -0.4 is 0 Å². The van der Waals surface area contributed by atoms with Crippen molar-refractivity contribution in [3.63, 3.8) is 0 Å². The number of aliphatic hydroxyl groups is 4. The minimum Gasteiger partial charge on any atom is -0.393 e. The van der Waals surface area contributed by atoms with E-state index in [1.165, 1.54) is 5.57 Å². The van der Waals surface area contributed by atoms with Crippen molar-refractivity contribution in [3.8, 4) is 0 Å². The molecule has 4 rings (SSSR count). The van der Waals surface area contributed by atoms with E-state index in [1.54, 1.807) is 44.2 Å². The van der Waals surface area contributed by atoms with Gasteiger partial charge in [-0.15, -0.1) is 0 Å². The first-order valence-electron chi connectivity index (χ1n) is 14.8. The normalized spacial score (nSPS) is 34.0. The van der Waals surface area contributed by atoms with E-state index in [4.69, 9.17) is 0 Å². The van der Waals surface area contributed by atoms with E-state index in [1.807, 2.05) is 13.0 Å². The van der Waals surface area contributed by atoms with Crippen LogP contribution in [0.1, 0.15) is 79.1 Å². The highest BCUT2D eigenvalue weighted by molar-refractivity contribution is 7.92. The number of benzene rings is 1. The van der Waals surface area contributed by atoms with Crippen LogP contribution in [-0.4, -0.2) is 58.0 Å². The maximum atomic E-state index is 14.0. The van der Waals surface area contributed by atoms with Gasteiger partial charge in [-0.2, -0.15) is 0 Å². The Labute approximate surface area is 240 Å². The largest absolute Gasteiger partial charge is 0.393 e. The maximum absolute atomic E-state index is 14.0. The van der Waals surface area contributed by atoms with E-state index in [0.717, 1.165) is 37.7 Å². The lowest BCUT2D eigenvalue weighted by Gasteiger charge is -2.46. The molecule has 0 heterocycles. The molecule has 8 atom stereocenters. The van der Waals surface area contributed by atoms with Gasteiger partial charge in [0.15, 0.2) is 9.84 Å². The van der Waals surface area contributed by atoms with Gasteiger partial charge in [-0.05, 0) is 98.8 Å². The first kappa shape index (κ1) is 31.2. The molecule has 3 saturated carbocycles. The zero-order valence-electron chi connectivity index (χ0n) is 24.5. The molecule has 0 radical (unpaired) electrons. The second-order valence-corrected chi connectivity index (χ2v) is 15.5. The van der Waals surface area contributed by atoms with Crippen molar-refractivity contribution in [3.05, 3.63) is 65.8 Å². The van der Waals surface area contributed by atoms with Crippen molar-refractivity contribution in [1.29, 1.82) is 0 Å². The molecule has 0 saturated heterocycles. The molecule has 0 spiro atoms. The number of hydrogen-bond donors (Lipinski definition) is 4. The van der Waals surface area contributed by atoms with Crippen LogP contribution in [0.3, 0.4) is 0 Å². The van der Waals surface area contributed by atoms with Gasteiger partial charge in [-0.1, -0.05) is 56.4 Å². The van der Waals surface area contributed by atoms with Crippen LogP contribution in [0.25, 0.3) is 0 Å². The Morgan fingerprint density at radius 1 is 1.15 bits per heavy atom. The SMILES string of the molecule is C=C1C(=CC=C2CCC[C@]3(C)[C@@H]([C@H](C)C(C(O)CC(C)(C)O)S(=O)(=O)c4ccccc4)CC[C@@H]23)C[C@@H](O)C[C@@H]1O. The fourth-order valence-corrected chi connectivity index (χ4v) is 10.2. The van der Waals surface area contributed by atoms with Crippen molar-refractivity contribution in [2.75, 3.05) is 0 Å². The Morgan fingerprint density at radius 3 is 2.48 bits per heavy atom. The zero-order valence-corrected chi connectivity index (χ0v) is 25.3. The molecule has 6 nitrogen and oxygen atoms in total. The van der Waals surface area contributed by atoms with Crippen molar-refractivity contribution in [1.82, 2.24) is 0 Å². The summed E-state index contributed by atoms with van der Waals surface area (Å²) >= 11 is 0. The van der Waals surface area contributed by atoms with Crippen LogP contribution in [0.4, 0.5) is 0 Å². The molecule has 0 amide bonds. The van der Waals surface area contributed by atoms with E-state index >= 15 is 0 Å². The summed E-state index contributed by atoms with van der Waals surface area (Å²) in [4.78, 5) is 0.203. The number of fused-ring (bicyclic) bond motifs is 1. The molecule has 0 aliphatic heterocycles. The fourth-order valence-electron chi connectivity index (χ4n) is 8.07. The summed E-state index contributed by atoms with van der Waals surface area (Å²) in [5, 5.41) is 41.3. The second-order valence-electron chi connectivity index (χ2n) is 13.4. The third-order valence-corrected chi connectivity index (χ3v) is 12.4. The summed E-state index contributed by atoms with van der Waals surface area (Å²) in [7, 11) is -3.87. The average molecular weight is 573 g/mol. The Bertz CT molecular complexity index is 1230. The summed E-state index contributed by atoms with van der Waals surface area (Å²) in [6.45, 7) is 11.5. The summed E-state index contributed by atoms with van der Waals surface area (Å²) in [6.07, 6.45) is 7.23. The maximum Gasteiger partial charge on any atom is 0.184 e. The molecular weight excluding hydrogens is 524 g/mol. The highest BCUT2D eigenvalue weighted by atomic mass is 32.2. The van der Waals surface area contributed by atoms with Crippen LogP contribution in [0, 0.1) is 23.2 Å². The molecule has 3 fully saturated rings. The molecule has 40 heavy (non-hydrogen) atoms. The lowest BCUT2D eigenvalue weighted by Crippen LogP contribution is -2.48. The van der Waals surface area contributed by atoms with Gasteiger partial charge in [-0.3, -0.25) is 0 Å². The van der Waals surface area contributed by atoms with Gasteiger partial charge in [0.05, 0.1) is 34.1 Å². The van der Waals surface area contributed by atoms with E-state index in [0.29, 0.717) is 24.3 Å². The number of rotatable bonds is 8. The minimum absolute atomic E-state index is 0.0265. The molecule has 0 bridgehead atoms. The van der Waals surface area contributed by atoms with Crippen molar-refractivity contribution < 1.29 is 28.8 Å². The number of allylic oxidation sites excluding steroid dienone is 3. The summed E-state index contributed by atoms with van der Waals surface area (Å²) < 4.78 is 28.1. The quantitative estimate of drug-likeness (QED) is 0.343. The Morgan fingerprint density at radius 2 is 1.82 bits per heavy atom. The van der Waals surface area contributed by atoms with E-state index in [-0.39, 0.29) is 28.6 Å². The number of hydrogen-bond acceptors (Lipinski definition) is 6. The molecule has 3 aliphatic rings. The van der Waals surface area contributed by atoms with Gasteiger partial charge in [0.2, 0.25) is 0 Å². The van der Waals surface area contributed by atoms with E-state index < -0.39 is 39.0 Å². The molecule has 4 N–H and O–H groups in total. The standard InChI is InChI=1S/C33H48O6S/c1-21-24(18-25(34)19-29(21)35)14-13-23-10-9-17-33(5)27(15-16-28(23)33)22(2)31(30(36)20-32(3,4)37)40(38,39)26-11-7-6-8-12-26/h6-8,11-14,22,25,27-31,34-37H,1,9-10,15-20H2,2-5H3/t22-,25+,27+,28-,29-,30?,31?,33+/m0/s1. The topological polar surface area (TPSA) is 115 Å². The molecule has 1 aromatic rings. The lowest BCUT2D eigenvalue weighted by atomic mass is 9.60. The number of sulfone groups is 1. The Kier molecular flexibility index (Phi) is 9.23. The third kappa shape index (κ3) is 6.34. The average Bonchev–Trinajstić information content (AvgIpc) is 3.22. The highest BCUT2D eigenvalue weighted by Gasteiger charge is 2.54. The second kappa shape index (κ2) is 11.8. The molecular formula is C33H48O6S. The molecule has 3 aliphatic carbocycles. The van der Waals surface area contributed by atoms with Gasteiger partial charge in [-0.25, -0.2) is 8.42 Å². The summed E-state index contributed by atoms with van der Waals surface area (Å²) in [5.41, 5.74) is 1.57. The van der Waals surface area contributed by atoms with Crippen LogP contribution in [-0.2, 0) is 9.84 Å². The zero-order chi connectivity index (χ0) is 29.5. The van der Waals surface area contributed by atoms with Gasteiger partial charge in [0.1, 0.15) is 0 Å². The van der Waals surface area contributed by atoms with Crippen LogP contribution in [0.15, 0.2) is 70.7 Å². The van der Waals surface area contributed by atoms with Crippen molar-refractivity contribution >= 4 is 9.84 Å². The molecule has 222 valence electrons. The van der Waals surface area contributed by atoms with Gasteiger partial charge in [0.25, 0.3) is 0 Å². The van der Waals surface area contributed by atoms with Crippen molar-refractivity contribution in [2.24, 2.45) is 23.2 Å². The third-order valence-electron chi connectivity index (χ3n) is 9.97. The predicted molar refractivity (Wildman–Crippen MR) is 158 cm³/mol. The first-order valence-corrected chi connectivity index (χ1v) is 16.3. The molecule has 7 heteroatoms.